The van der Waals surface area contributed by atoms with E-state index in [9.17, 15) is 4.79 Å². The van der Waals surface area contributed by atoms with Gasteiger partial charge in [-0.3, -0.25) is 14.5 Å². The highest BCUT2D eigenvalue weighted by Gasteiger charge is 2.11. The quantitative estimate of drug-likeness (QED) is 0.615. The fourth-order valence-electron chi connectivity index (χ4n) is 3.09. The van der Waals surface area contributed by atoms with E-state index in [4.69, 9.17) is 0 Å². The fraction of sp³-hybridized carbons (Fsp3) is 0.261. The van der Waals surface area contributed by atoms with Gasteiger partial charge in [0, 0.05) is 43.3 Å². The summed E-state index contributed by atoms with van der Waals surface area (Å²) in [7, 11) is 1.80. The van der Waals surface area contributed by atoms with Gasteiger partial charge in [0.25, 0.3) is 0 Å². The lowest BCUT2D eigenvalue weighted by Crippen LogP contribution is -2.24. The summed E-state index contributed by atoms with van der Waals surface area (Å²) in [6.45, 7) is 7.37. The molecule has 0 saturated carbocycles. The lowest BCUT2D eigenvalue weighted by molar-refractivity contribution is -0.125. The van der Waals surface area contributed by atoms with Crippen LogP contribution in [-0.4, -0.2) is 32.6 Å². The largest absolute Gasteiger partial charge is 0.338 e. The first-order chi connectivity index (χ1) is 13.4. The molecule has 2 heterocycles. The summed E-state index contributed by atoms with van der Waals surface area (Å²) < 4.78 is 1.99. The van der Waals surface area contributed by atoms with Crippen molar-refractivity contribution in [2.45, 2.75) is 33.9 Å². The van der Waals surface area contributed by atoms with E-state index in [1.54, 1.807) is 30.4 Å². The number of amides is 1. The smallest absolute Gasteiger partial charge is 0.246 e. The Bertz CT molecular complexity index is 972. The molecule has 0 saturated heterocycles. The molecule has 0 aliphatic heterocycles. The molecule has 5 nitrogen and oxygen atoms in total. The molecule has 0 aliphatic carbocycles. The number of rotatable bonds is 6. The van der Waals surface area contributed by atoms with Gasteiger partial charge in [0.1, 0.15) is 0 Å². The van der Waals surface area contributed by atoms with Gasteiger partial charge in [0.05, 0.1) is 12.2 Å². The van der Waals surface area contributed by atoms with Crippen molar-refractivity contribution in [2.24, 2.45) is 0 Å². The number of likely N-dealkylation sites (N-methyl/N-ethyl adjacent to an activating group) is 1. The van der Waals surface area contributed by atoms with Crippen LogP contribution in [0.15, 0.2) is 54.9 Å². The zero-order valence-corrected chi connectivity index (χ0v) is 16.9. The zero-order valence-electron chi connectivity index (χ0n) is 16.9. The van der Waals surface area contributed by atoms with Crippen LogP contribution in [0.1, 0.15) is 33.6 Å². The number of hydrogen-bond donors (Lipinski definition) is 0. The fourth-order valence-corrected chi connectivity index (χ4v) is 3.09. The van der Waals surface area contributed by atoms with Crippen molar-refractivity contribution in [3.63, 3.8) is 0 Å². The Morgan fingerprint density at radius 1 is 1.04 bits per heavy atom. The number of pyridine rings is 1. The van der Waals surface area contributed by atoms with E-state index in [0.717, 1.165) is 29.1 Å². The minimum Gasteiger partial charge on any atom is -0.338 e. The molecule has 0 atom stereocenters. The Morgan fingerprint density at radius 2 is 1.71 bits per heavy atom. The van der Waals surface area contributed by atoms with Gasteiger partial charge in [-0.25, -0.2) is 0 Å². The van der Waals surface area contributed by atoms with E-state index in [2.05, 4.69) is 41.3 Å². The van der Waals surface area contributed by atoms with Crippen molar-refractivity contribution in [3.05, 3.63) is 88.5 Å². The Labute approximate surface area is 166 Å². The van der Waals surface area contributed by atoms with Gasteiger partial charge in [0.15, 0.2) is 0 Å². The van der Waals surface area contributed by atoms with Gasteiger partial charge in [-0.05, 0) is 50.1 Å². The van der Waals surface area contributed by atoms with Gasteiger partial charge >= 0.3 is 0 Å². The number of benzene rings is 1. The van der Waals surface area contributed by atoms with Crippen molar-refractivity contribution in [1.29, 1.82) is 0 Å². The van der Waals surface area contributed by atoms with Crippen molar-refractivity contribution in [2.75, 3.05) is 7.05 Å². The highest BCUT2D eigenvalue weighted by molar-refractivity contribution is 5.91. The van der Waals surface area contributed by atoms with E-state index in [1.807, 2.05) is 36.7 Å². The van der Waals surface area contributed by atoms with Gasteiger partial charge in [0.2, 0.25) is 5.91 Å². The third-order valence-electron chi connectivity index (χ3n) is 4.83. The van der Waals surface area contributed by atoms with E-state index in [1.165, 1.54) is 11.1 Å². The molecule has 3 aromatic rings. The number of aromatic nitrogens is 3. The van der Waals surface area contributed by atoms with Crippen LogP contribution in [-0.2, 0) is 17.9 Å². The van der Waals surface area contributed by atoms with Gasteiger partial charge in [-0.15, -0.1) is 0 Å². The predicted molar refractivity (Wildman–Crippen MR) is 112 cm³/mol. The second-order valence-corrected chi connectivity index (χ2v) is 7.11. The predicted octanol–water partition coefficient (Wildman–Crippen LogP) is 3.92. The molecule has 0 N–H and O–H groups in total. The molecular weight excluding hydrogens is 348 g/mol. The number of carbonyl (C=O) groups is 1. The van der Waals surface area contributed by atoms with Crippen molar-refractivity contribution >= 4 is 12.0 Å². The van der Waals surface area contributed by atoms with E-state index >= 15 is 0 Å². The summed E-state index contributed by atoms with van der Waals surface area (Å²) in [6.07, 6.45) is 6.96. The topological polar surface area (TPSA) is 51.0 Å². The summed E-state index contributed by atoms with van der Waals surface area (Å²) in [6, 6.07) is 12.3. The van der Waals surface area contributed by atoms with Crippen molar-refractivity contribution < 1.29 is 4.79 Å². The summed E-state index contributed by atoms with van der Waals surface area (Å²) >= 11 is 0. The average Bonchev–Trinajstić information content (AvgIpc) is 2.95. The third kappa shape index (κ3) is 4.74. The van der Waals surface area contributed by atoms with Crippen LogP contribution in [0.4, 0.5) is 0 Å². The van der Waals surface area contributed by atoms with Gasteiger partial charge in [-0.1, -0.05) is 29.8 Å². The van der Waals surface area contributed by atoms with Gasteiger partial charge < -0.3 is 4.90 Å². The Balaban J connectivity index is 1.70. The standard InChI is InChI=1S/C23H26N4O/c1-17-5-7-20(8-6-17)16-27-19(3)22(18(2)25-27)9-10-23(28)26(4)15-21-11-13-24-14-12-21/h5-14H,15-16H2,1-4H3/b10-9+. The summed E-state index contributed by atoms with van der Waals surface area (Å²) in [5.41, 5.74) is 6.48. The van der Waals surface area contributed by atoms with Crippen LogP contribution in [0.3, 0.4) is 0 Å². The molecule has 2 aromatic heterocycles. The molecule has 3 rings (SSSR count). The first kappa shape index (κ1) is 19.5. The minimum absolute atomic E-state index is 0.0399. The van der Waals surface area contributed by atoms with Crippen molar-refractivity contribution in [3.8, 4) is 0 Å². The van der Waals surface area contributed by atoms with E-state index in [-0.39, 0.29) is 5.91 Å². The van der Waals surface area contributed by atoms with E-state index < -0.39 is 0 Å². The molecule has 1 amide bonds. The second-order valence-electron chi connectivity index (χ2n) is 7.11. The van der Waals surface area contributed by atoms with Gasteiger partial charge in [-0.2, -0.15) is 5.10 Å². The number of hydrogen-bond acceptors (Lipinski definition) is 3. The number of nitrogens with zero attached hydrogens (tertiary/aromatic N) is 4. The SMILES string of the molecule is Cc1ccc(Cn2nc(C)c(/C=C/C(=O)N(C)Cc3ccncc3)c2C)cc1. The Morgan fingerprint density at radius 3 is 2.39 bits per heavy atom. The molecule has 0 aliphatic rings. The second kappa shape index (κ2) is 8.65. The monoisotopic (exact) mass is 374 g/mol. The average molecular weight is 374 g/mol. The first-order valence-corrected chi connectivity index (χ1v) is 9.35. The summed E-state index contributed by atoms with van der Waals surface area (Å²) in [4.78, 5) is 18.2. The summed E-state index contributed by atoms with van der Waals surface area (Å²) in [5, 5.41) is 4.65. The van der Waals surface area contributed by atoms with Crippen LogP contribution < -0.4 is 0 Å². The highest BCUT2D eigenvalue weighted by atomic mass is 16.2. The number of carbonyl (C=O) groups excluding carboxylic acids is 1. The molecule has 0 unspecified atom stereocenters. The van der Waals surface area contributed by atoms with Crippen LogP contribution in [0.25, 0.3) is 6.08 Å². The molecule has 144 valence electrons. The molecule has 0 bridgehead atoms. The third-order valence-corrected chi connectivity index (χ3v) is 4.83. The normalized spacial score (nSPS) is 11.1. The maximum atomic E-state index is 12.5. The lowest BCUT2D eigenvalue weighted by atomic mass is 10.1. The van der Waals surface area contributed by atoms with Crippen LogP contribution >= 0.6 is 0 Å². The van der Waals surface area contributed by atoms with Crippen LogP contribution in [0.5, 0.6) is 0 Å². The summed E-state index contributed by atoms with van der Waals surface area (Å²) in [5.74, 6) is -0.0399. The molecule has 28 heavy (non-hydrogen) atoms. The molecule has 0 radical (unpaired) electrons. The Kier molecular flexibility index (Phi) is 6.04. The van der Waals surface area contributed by atoms with E-state index in [0.29, 0.717) is 6.54 Å². The minimum atomic E-state index is -0.0399. The van der Waals surface area contributed by atoms with Crippen molar-refractivity contribution in [1.82, 2.24) is 19.7 Å². The Hall–Kier alpha value is -3.21. The molecule has 1 aromatic carbocycles. The van der Waals surface area contributed by atoms with Crippen LogP contribution in [0.2, 0.25) is 0 Å². The maximum Gasteiger partial charge on any atom is 0.246 e. The van der Waals surface area contributed by atoms with Crippen LogP contribution in [0, 0.1) is 20.8 Å². The molecule has 5 heteroatoms. The first-order valence-electron chi connectivity index (χ1n) is 9.35. The zero-order chi connectivity index (χ0) is 20.1. The maximum absolute atomic E-state index is 12.5. The molecule has 0 spiro atoms. The highest BCUT2D eigenvalue weighted by Crippen LogP contribution is 2.17. The molecular formula is C23H26N4O. The lowest BCUT2D eigenvalue weighted by Gasteiger charge is -2.14. The molecule has 0 fully saturated rings. The number of aryl methyl sites for hydroxylation is 2.